The number of rotatable bonds is 4. The monoisotopic (exact) mass is 271 g/mol. The first kappa shape index (κ1) is 13.9. The molecule has 0 aliphatic heterocycles. The van der Waals surface area contributed by atoms with Crippen LogP contribution in [0.4, 0.5) is 5.69 Å². The van der Waals surface area contributed by atoms with E-state index in [0.29, 0.717) is 23.5 Å². The van der Waals surface area contributed by atoms with Crippen LogP contribution in [-0.2, 0) is 7.05 Å². The second kappa shape index (κ2) is 6.06. The Bertz CT molecular complexity index is 632. The molecule has 5 heteroatoms. The predicted octanol–water partition coefficient (Wildman–Crippen LogP) is 2.03. The fourth-order valence-corrected chi connectivity index (χ4v) is 1.89. The van der Waals surface area contributed by atoms with Gasteiger partial charge in [-0.1, -0.05) is 6.07 Å². The van der Waals surface area contributed by atoms with Crippen LogP contribution in [0.3, 0.4) is 0 Å². The Labute approximate surface area is 117 Å². The van der Waals surface area contributed by atoms with E-state index >= 15 is 0 Å². The number of carbonyl (C=O) groups excluding carboxylic acids is 2. The van der Waals surface area contributed by atoms with Gasteiger partial charge in [0.15, 0.2) is 0 Å². The quantitative estimate of drug-likeness (QED) is 0.893. The molecule has 0 aliphatic carbocycles. The molecule has 1 aromatic carbocycles. The van der Waals surface area contributed by atoms with Crippen LogP contribution in [0, 0.1) is 0 Å². The Kier molecular flexibility index (Phi) is 4.20. The summed E-state index contributed by atoms with van der Waals surface area (Å²) >= 11 is 0. The maximum atomic E-state index is 12.1. The average Bonchev–Trinajstić information content (AvgIpc) is 2.85. The summed E-state index contributed by atoms with van der Waals surface area (Å²) in [5.41, 5.74) is 1.69. The minimum Gasteiger partial charge on any atom is -0.352 e. The van der Waals surface area contributed by atoms with Crippen molar-refractivity contribution in [2.75, 3.05) is 11.9 Å². The van der Waals surface area contributed by atoms with Gasteiger partial charge in [-0.3, -0.25) is 9.59 Å². The Hall–Kier alpha value is -2.56. The van der Waals surface area contributed by atoms with Gasteiger partial charge < -0.3 is 15.2 Å². The van der Waals surface area contributed by atoms with Crippen LogP contribution < -0.4 is 10.6 Å². The van der Waals surface area contributed by atoms with Gasteiger partial charge in [0, 0.05) is 31.0 Å². The lowest BCUT2D eigenvalue weighted by Gasteiger charge is -2.08. The van der Waals surface area contributed by atoms with Crippen LogP contribution in [0.15, 0.2) is 42.6 Å². The molecular formula is C15H17N3O2. The molecule has 20 heavy (non-hydrogen) atoms. The van der Waals surface area contributed by atoms with Crippen LogP contribution in [0.5, 0.6) is 0 Å². The molecule has 1 aromatic heterocycles. The molecule has 0 aliphatic rings. The highest BCUT2D eigenvalue weighted by Gasteiger charge is 2.10. The van der Waals surface area contributed by atoms with Crippen LogP contribution in [0.1, 0.15) is 27.8 Å². The van der Waals surface area contributed by atoms with Gasteiger partial charge in [-0.25, -0.2) is 0 Å². The predicted molar refractivity (Wildman–Crippen MR) is 77.8 cm³/mol. The first-order valence-electron chi connectivity index (χ1n) is 6.42. The van der Waals surface area contributed by atoms with E-state index in [9.17, 15) is 9.59 Å². The topological polar surface area (TPSA) is 63.1 Å². The second-order valence-electron chi connectivity index (χ2n) is 4.40. The fraction of sp³-hybridized carbons (Fsp3) is 0.200. The lowest BCUT2D eigenvalue weighted by molar-refractivity contribution is 0.0954. The first-order valence-corrected chi connectivity index (χ1v) is 6.42. The summed E-state index contributed by atoms with van der Waals surface area (Å²) in [4.78, 5) is 23.8. The van der Waals surface area contributed by atoms with Crippen molar-refractivity contribution >= 4 is 17.5 Å². The summed E-state index contributed by atoms with van der Waals surface area (Å²) < 4.78 is 1.74. The van der Waals surface area contributed by atoms with Gasteiger partial charge >= 0.3 is 0 Å². The number of aryl methyl sites for hydroxylation is 1. The van der Waals surface area contributed by atoms with Gasteiger partial charge in [0.05, 0.1) is 0 Å². The zero-order valence-electron chi connectivity index (χ0n) is 11.5. The van der Waals surface area contributed by atoms with E-state index in [1.54, 1.807) is 54.2 Å². The van der Waals surface area contributed by atoms with E-state index < -0.39 is 0 Å². The smallest absolute Gasteiger partial charge is 0.272 e. The third-order valence-corrected chi connectivity index (χ3v) is 2.90. The Morgan fingerprint density at radius 1 is 1.15 bits per heavy atom. The zero-order valence-corrected chi connectivity index (χ0v) is 11.5. The third-order valence-electron chi connectivity index (χ3n) is 2.90. The Morgan fingerprint density at radius 2 is 1.95 bits per heavy atom. The molecule has 2 amide bonds. The number of nitrogens with zero attached hydrogens (tertiary/aromatic N) is 1. The molecule has 0 radical (unpaired) electrons. The third kappa shape index (κ3) is 3.06. The Balaban J connectivity index is 2.14. The minimum atomic E-state index is -0.203. The van der Waals surface area contributed by atoms with Crippen molar-refractivity contribution in [1.82, 2.24) is 9.88 Å². The summed E-state index contributed by atoms with van der Waals surface area (Å²) in [6, 6.07) is 10.4. The summed E-state index contributed by atoms with van der Waals surface area (Å²) in [6.45, 7) is 2.43. The number of amides is 2. The van der Waals surface area contributed by atoms with Crippen molar-refractivity contribution in [3.05, 3.63) is 53.9 Å². The molecule has 0 bridgehead atoms. The summed E-state index contributed by atoms with van der Waals surface area (Å²) in [5.74, 6) is -0.354. The summed E-state index contributed by atoms with van der Waals surface area (Å²) in [5, 5.41) is 5.51. The fourth-order valence-electron chi connectivity index (χ4n) is 1.89. The number of hydrogen-bond acceptors (Lipinski definition) is 2. The van der Waals surface area contributed by atoms with E-state index in [0.717, 1.165) is 0 Å². The van der Waals surface area contributed by atoms with E-state index in [-0.39, 0.29) is 11.8 Å². The standard InChI is InChI=1S/C15H17N3O2/c1-3-16-14(19)11-6-4-7-12(10-11)17-15(20)13-8-5-9-18(13)2/h4-10H,3H2,1-2H3,(H,16,19)(H,17,20). The second-order valence-corrected chi connectivity index (χ2v) is 4.40. The van der Waals surface area contributed by atoms with Gasteiger partial charge in [-0.05, 0) is 37.3 Å². The molecule has 5 nitrogen and oxygen atoms in total. The number of carbonyl (C=O) groups is 2. The van der Waals surface area contributed by atoms with Crippen molar-refractivity contribution in [3.63, 3.8) is 0 Å². The number of hydrogen-bond donors (Lipinski definition) is 2. The van der Waals surface area contributed by atoms with Gasteiger partial charge in [0.25, 0.3) is 11.8 Å². The normalized spacial score (nSPS) is 10.1. The molecule has 1 heterocycles. The van der Waals surface area contributed by atoms with Crippen LogP contribution in [-0.4, -0.2) is 22.9 Å². The molecule has 104 valence electrons. The van der Waals surface area contributed by atoms with Crippen molar-refractivity contribution in [3.8, 4) is 0 Å². The molecule has 0 unspecified atom stereocenters. The number of anilines is 1. The highest BCUT2D eigenvalue weighted by Crippen LogP contribution is 2.12. The van der Waals surface area contributed by atoms with Crippen molar-refractivity contribution in [2.45, 2.75) is 6.92 Å². The SMILES string of the molecule is CCNC(=O)c1cccc(NC(=O)c2cccn2C)c1. The molecule has 2 N–H and O–H groups in total. The minimum absolute atomic E-state index is 0.150. The molecule has 0 saturated heterocycles. The number of nitrogens with one attached hydrogen (secondary N) is 2. The molecule has 2 rings (SSSR count). The maximum Gasteiger partial charge on any atom is 0.272 e. The molecule has 0 saturated carbocycles. The number of benzene rings is 1. The Morgan fingerprint density at radius 3 is 2.60 bits per heavy atom. The van der Waals surface area contributed by atoms with Crippen molar-refractivity contribution < 1.29 is 9.59 Å². The van der Waals surface area contributed by atoms with E-state index in [1.165, 1.54) is 0 Å². The van der Waals surface area contributed by atoms with Crippen LogP contribution in [0.25, 0.3) is 0 Å². The summed E-state index contributed by atoms with van der Waals surface area (Å²) in [6.07, 6.45) is 1.81. The summed E-state index contributed by atoms with van der Waals surface area (Å²) in [7, 11) is 1.81. The van der Waals surface area contributed by atoms with Crippen molar-refractivity contribution in [1.29, 1.82) is 0 Å². The molecular weight excluding hydrogens is 254 g/mol. The van der Waals surface area contributed by atoms with Gasteiger partial charge in [-0.15, -0.1) is 0 Å². The van der Waals surface area contributed by atoms with E-state index in [4.69, 9.17) is 0 Å². The van der Waals surface area contributed by atoms with Gasteiger partial charge in [0.2, 0.25) is 0 Å². The van der Waals surface area contributed by atoms with E-state index in [1.807, 2.05) is 6.92 Å². The lowest BCUT2D eigenvalue weighted by Crippen LogP contribution is -2.23. The molecule has 2 aromatic rings. The van der Waals surface area contributed by atoms with Gasteiger partial charge in [-0.2, -0.15) is 0 Å². The van der Waals surface area contributed by atoms with Crippen LogP contribution in [0.2, 0.25) is 0 Å². The highest BCUT2D eigenvalue weighted by atomic mass is 16.2. The average molecular weight is 271 g/mol. The van der Waals surface area contributed by atoms with E-state index in [2.05, 4.69) is 10.6 Å². The maximum absolute atomic E-state index is 12.1. The molecule has 0 atom stereocenters. The molecule has 0 spiro atoms. The zero-order chi connectivity index (χ0) is 14.5. The van der Waals surface area contributed by atoms with Gasteiger partial charge in [0.1, 0.15) is 5.69 Å². The van der Waals surface area contributed by atoms with Crippen molar-refractivity contribution in [2.24, 2.45) is 7.05 Å². The van der Waals surface area contributed by atoms with Crippen LogP contribution >= 0.6 is 0 Å². The largest absolute Gasteiger partial charge is 0.352 e. The number of aromatic nitrogens is 1. The lowest BCUT2D eigenvalue weighted by atomic mass is 10.2. The highest BCUT2D eigenvalue weighted by molar-refractivity contribution is 6.04. The molecule has 0 fully saturated rings. The first-order chi connectivity index (χ1) is 9.61.